The second-order valence-corrected chi connectivity index (χ2v) is 13.5. The van der Waals surface area contributed by atoms with Gasteiger partial charge in [0.2, 0.25) is 0 Å². The highest BCUT2D eigenvalue weighted by Crippen LogP contribution is 2.28. The van der Waals surface area contributed by atoms with Gasteiger partial charge in [0.05, 0.1) is 36.5 Å². The van der Waals surface area contributed by atoms with Crippen molar-refractivity contribution in [3.63, 3.8) is 0 Å². The van der Waals surface area contributed by atoms with E-state index in [-0.39, 0.29) is 55.0 Å². The second kappa shape index (κ2) is 17.6. The maximum absolute atomic E-state index is 12.9. The number of hydrogen-bond donors (Lipinski definition) is 0. The van der Waals surface area contributed by atoms with Crippen molar-refractivity contribution in [1.29, 1.82) is 0 Å². The van der Waals surface area contributed by atoms with Crippen LogP contribution >= 0.6 is 0 Å². The third kappa shape index (κ3) is 10.1. The van der Waals surface area contributed by atoms with Gasteiger partial charge in [-0.15, -0.1) is 0 Å². The molecule has 15 nitrogen and oxygen atoms in total. The van der Waals surface area contributed by atoms with Crippen LogP contribution in [0.1, 0.15) is 44.9 Å². The van der Waals surface area contributed by atoms with E-state index in [1.54, 1.807) is 12.1 Å². The summed E-state index contributed by atoms with van der Waals surface area (Å²) in [5, 5.41) is 1.74. The summed E-state index contributed by atoms with van der Waals surface area (Å²) in [6, 6.07) is 22.6. The molecule has 3 saturated heterocycles. The summed E-state index contributed by atoms with van der Waals surface area (Å²) in [6.45, 7) is 5.13. The van der Waals surface area contributed by atoms with Gasteiger partial charge in [-0.1, -0.05) is 12.1 Å². The number of rotatable bonds is 15. The molecule has 0 amide bonds. The molecule has 0 N–H and O–H groups in total. The topological polar surface area (TPSA) is 173 Å². The largest absolute Gasteiger partial charge is 0.491 e. The molecule has 4 aromatic rings. The minimum Gasteiger partial charge on any atom is -0.491 e. The fraction of sp³-hybridized carbons (Fsp3) is 0.366. The zero-order valence-electron chi connectivity index (χ0n) is 30.7. The maximum Gasteiger partial charge on any atom is 0.343 e. The van der Waals surface area contributed by atoms with Crippen molar-refractivity contribution >= 4 is 34.6 Å². The molecule has 3 fully saturated rings. The average molecular weight is 773 g/mol. The number of esters is 4. The van der Waals surface area contributed by atoms with Crippen LogP contribution in [-0.2, 0) is 42.7 Å². The van der Waals surface area contributed by atoms with Gasteiger partial charge in [-0.25, -0.2) is 14.4 Å². The highest BCUT2D eigenvalue weighted by molar-refractivity contribution is 5.97. The van der Waals surface area contributed by atoms with Crippen molar-refractivity contribution in [3.8, 4) is 17.2 Å². The van der Waals surface area contributed by atoms with E-state index < -0.39 is 48.3 Å². The third-order valence-corrected chi connectivity index (χ3v) is 9.16. The van der Waals surface area contributed by atoms with Crippen molar-refractivity contribution < 1.29 is 71.3 Å². The van der Waals surface area contributed by atoms with Crippen LogP contribution in [0.4, 0.5) is 0 Å². The van der Waals surface area contributed by atoms with Gasteiger partial charge in [-0.2, -0.15) is 0 Å². The van der Waals surface area contributed by atoms with E-state index in [0.717, 1.165) is 17.4 Å². The van der Waals surface area contributed by atoms with Gasteiger partial charge in [-0.05, 0) is 90.5 Å². The van der Waals surface area contributed by atoms with Crippen LogP contribution in [0.2, 0.25) is 0 Å². The van der Waals surface area contributed by atoms with Crippen LogP contribution in [0, 0.1) is 0 Å². The van der Waals surface area contributed by atoms with E-state index in [4.69, 9.17) is 52.1 Å². The number of carbonyl (C=O) groups is 4. The molecule has 294 valence electrons. The van der Waals surface area contributed by atoms with Crippen LogP contribution in [-0.4, -0.2) is 107 Å². The maximum atomic E-state index is 12.9. The quantitative estimate of drug-likeness (QED) is 0.0706. The number of hydrogen-bond acceptors (Lipinski definition) is 15. The highest BCUT2D eigenvalue weighted by Gasteiger charge is 2.45. The van der Waals surface area contributed by atoms with Crippen LogP contribution in [0.3, 0.4) is 0 Å². The Hall–Kier alpha value is -5.42. The molecule has 4 aromatic carbocycles. The summed E-state index contributed by atoms with van der Waals surface area (Å²) in [6.07, 6.45) is -2.39. The minimum absolute atomic E-state index is 0.00973. The number of fused-ring (bicyclic) bond motifs is 2. The Bertz CT molecular complexity index is 2030. The first-order valence-electron chi connectivity index (χ1n) is 17.9. The van der Waals surface area contributed by atoms with Gasteiger partial charge in [-0.3, -0.25) is 4.79 Å². The van der Waals surface area contributed by atoms with Gasteiger partial charge >= 0.3 is 23.9 Å². The van der Waals surface area contributed by atoms with Crippen molar-refractivity contribution in [2.24, 2.45) is 0 Å². The van der Waals surface area contributed by atoms with Gasteiger partial charge in [0.25, 0.3) is 0 Å². The molecule has 5 unspecified atom stereocenters. The van der Waals surface area contributed by atoms with Gasteiger partial charge < -0.3 is 52.1 Å². The van der Waals surface area contributed by atoms with E-state index in [1.165, 1.54) is 55.5 Å². The molecular formula is C41H40O15. The zero-order chi connectivity index (χ0) is 39.1. The molecule has 0 radical (unpaired) electrons. The third-order valence-electron chi connectivity index (χ3n) is 9.16. The lowest BCUT2D eigenvalue weighted by Gasteiger charge is -2.43. The molecule has 5 atom stereocenters. The summed E-state index contributed by atoms with van der Waals surface area (Å²) >= 11 is 0. The minimum atomic E-state index is -0.652. The molecule has 0 spiro atoms. The molecule has 56 heavy (non-hydrogen) atoms. The van der Waals surface area contributed by atoms with Gasteiger partial charge in [0.1, 0.15) is 80.7 Å². The Kier molecular flexibility index (Phi) is 12.2. The summed E-state index contributed by atoms with van der Waals surface area (Å²) in [7, 11) is 0. The van der Waals surface area contributed by atoms with Crippen LogP contribution in [0.5, 0.6) is 17.2 Å². The SMILES string of the molecule is CC(=O)OCC1OCOC2C(COC(=O)c3ccc(OC(=O)c4ccc(OC(=O)c5ccc6cc(OCCOCC7(C)CO7)ccc6c5)cc4)cc3)OCOC12. The summed E-state index contributed by atoms with van der Waals surface area (Å²) < 4.78 is 60.7. The molecule has 7 rings (SSSR count). The first kappa shape index (κ1) is 38.8. The smallest absolute Gasteiger partial charge is 0.343 e. The number of epoxide rings is 1. The van der Waals surface area contributed by atoms with Crippen molar-refractivity contribution in [2.75, 3.05) is 53.2 Å². The lowest BCUT2D eigenvalue weighted by molar-refractivity contribution is -0.328. The van der Waals surface area contributed by atoms with Crippen molar-refractivity contribution in [2.45, 2.75) is 43.9 Å². The van der Waals surface area contributed by atoms with E-state index in [1.807, 2.05) is 31.2 Å². The normalized spacial score (nSPS) is 22.7. The van der Waals surface area contributed by atoms with Crippen LogP contribution < -0.4 is 14.2 Å². The first-order chi connectivity index (χ1) is 27.1. The molecule has 0 aliphatic carbocycles. The molecular weight excluding hydrogens is 732 g/mol. The van der Waals surface area contributed by atoms with Crippen molar-refractivity contribution in [3.05, 3.63) is 102 Å². The Labute approximate surface area is 321 Å². The fourth-order valence-corrected chi connectivity index (χ4v) is 5.96. The monoisotopic (exact) mass is 772 g/mol. The van der Waals surface area contributed by atoms with Crippen LogP contribution in [0.25, 0.3) is 10.8 Å². The molecule has 0 bridgehead atoms. The Morgan fingerprint density at radius 2 is 1.14 bits per heavy atom. The molecule has 0 aromatic heterocycles. The summed E-state index contributed by atoms with van der Waals surface area (Å²) in [4.78, 5) is 49.8. The summed E-state index contributed by atoms with van der Waals surface area (Å²) in [5.74, 6) is -1.15. The molecule has 3 heterocycles. The molecule has 3 aliphatic heterocycles. The number of carbonyl (C=O) groups excluding carboxylic acids is 4. The zero-order valence-corrected chi connectivity index (χ0v) is 30.7. The molecule has 3 aliphatic rings. The molecule has 15 heteroatoms. The van der Waals surface area contributed by atoms with Gasteiger partial charge in [0, 0.05) is 6.92 Å². The lowest BCUT2D eigenvalue weighted by atomic mass is 10.0. The van der Waals surface area contributed by atoms with Gasteiger partial charge in [0.15, 0.2) is 0 Å². The van der Waals surface area contributed by atoms with Crippen LogP contribution in [0.15, 0.2) is 84.9 Å². The standard InChI is InChI=1S/C41H40O15/c1-25(42)48-19-34-36-37(53-23-50-34)35(51-24-52-36)20-49-38(43)26-5-10-31(11-6-26)55-39(44)27-7-12-32(13-8-27)56-40(45)30-4-3-29-18-33(14-9-28(29)17-30)47-16-15-46-21-41(2)22-54-41/h3-14,17-18,34-37H,15-16,19-24H2,1-2H3. The number of benzene rings is 4. The van der Waals surface area contributed by atoms with Crippen molar-refractivity contribution in [1.82, 2.24) is 0 Å². The predicted molar refractivity (Wildman–Crippen MR) is 194 cm³/mol. The highest BCUT2D eigenvalue weighted by atomic mass is 16.8. The summed E-state index contributed by atoms with van der Waals surface area (Å²) in [5.41, 5.74) is 0.640. The van der Waals surface area contributed by atoms with E-state index in [0.29, 0.717) is 31.1 Å². The Balaban J connectivity index is 0.855. The Morgan fingerprint density at radius 1 is 0.625 bits per heavy atom. The van der Waals surface area contributed by atoms with E-state index >= 15 is 0 Å². The molecule has 0 saturated carbocycles. The van der Waals surface area contributed by atoms with E-state index in [9.17, 15) is 19.2 Å². The number of ether oxygens (including phenoxy) is 11. The predicted octanol–water partition coefficient (Wildman–Crippen LogP) is 4.67. The Morgan fingerprint density at radius 3 is 1.75 bits per heavy atom. The first-order valence-corrected chi connectivity index (χ1v) is 17.9. The van der Waals surface area contributed by atoms with E-state index in [2.05, 4.69) is 0 Å². The average Bonchev–Trinajstić information content (AvgIpc) is 3.95. The fourth-order valence-electron chi connectivity index (χ4n) is 5.96. The lowest BCUT2D eigenvalue weighted by Crippen LogP contribution is -2.59. The second-order valence-electron chi connectivity index (χ2n) is 13.5.